The Morgan fingerprint density at radius 3 is 2.53 bits per heavy atom. The van der Waals surface area contributed by atoms with E-state index in [1.807, 2.05) is 48.5 Å². The number of aliphatic imine (C=N–C) groups is 1. The van der Waals surface area contributed by atoms with Crippen LogP contribution in [0.1, 0.15) is 12.5 Å². The van der Waals surface area contributed by atoms with E-state index in [0.717, 1.165) is 15.2 Å². The van der Waals surface area contributed by atoms with Gasteiger partial charge in [-0.2, -0.15) is 13.2 Å². The Morgan fingerprint density at radius 1 is 1.10 bits per heavy atom. The van der Waals surface area contributed by atoms with E-state index in [-0.39, 0.29) is 12.5 Å². The van der Waals surface area contributed by atoms with Gasteiger partial charge in [-0.25, -0.2) is 4.99 Å². The van der Waals surface area contributed by atoms with Gasteiger partial charge in [-0.15, -0.1) is 0 Å². The Balaban J connectivity index is 1.84. The summed E-state index contributed by atoms with van der Waals surface area (Å²) >= 11 is 3.52. The number of hydrogen-bond acceptors (Lipinski definition) is 2. The number of guanidine groups is 1. The largest absolute Gasteiger partial charge is 0.411 e. The summed E-state index contributed by atoms with van der Waals surface area (Å²) in [5.74, 6) is 0.191. The Bertz CT molecular complexity index is 1120. The van der Waals surface area contributed by atoms with Crippen molar-refractivity contribution in [1.82, 2.24) is 0 Å². The standard InChI is InChI=1S/C22H19BrF3N3O/c1-21(30-13-22(24,25)26)12-29(20(27)28-14-6-3-2-4-7-14)18-11-10-15-16(19(18)21)8-5-9-17(15)23/h2-11H,12-13H2,1H3,(H2,27,28). The quantitative estimate of drug-likeness (QED) is 0.379. The molecule has 0 aliphatic carbocycles. The minimum absolute atomic E-state index is 0.117. The SMILES string of the molecule is CC1(OCC(F)(F)F)CN(C(N)=Nc2ccccc2)c2ccc3c(Br)cccc3c21. The molecule has 8 heteroatoms. The highest BCUT2D eigenvalue weighted by Crippen LogP contribution is 2.47. The Hall–Kier alpha value is -2.58. The van der Waals surface area contributed by atoms with E-state index in [2.05, 4.69) is 20.9 Å². The smallest absolute Gasteiger partial charge is 0.369 e. The Labute approximate surface area is 180 Å². The van der Waals surface area contributed by atoms with Gasteiger partial charge in [0.2, 0.25) is 5.96 Å². The fourth-order valence-corrected chi connectivity index (χ4v) is 4.31. The molecule has 0 saturated carbocycles. The van der Waals surface area contributed by atoms with Gasteiger partial charge in [-0.3, -0.25) is 0 Å². The average molecular weight is 478 g/mol. The summed E-state index contributed by atoms with van der Waals surface area (Å²) in [4.78, 5) is 6.15. The van der Waals surface area contributed by atoms with Crippen LogP contribution in [0.4, 0.5) is 24.5 Å². The molecule has 2 N–H and O–H groups in total. The lowest BCUT2D eigenvalue weighted by atomic mass is 9.92. The van der Waals surface area contributed by atoms with Crippen LogP contribution in [-0.2, 0) is 10.3 Å². The zero-order valence-electron chi connectivity index (χ0n) is 16.1. The lowest BCUT2D eigenvalue weighted by Gasteiger charge is -2.28. The second-order valence-electron chi connectivity index (χ2n) is 7.32. The van der Waals surface area contributed by atoms with Gasteiger partial charge >= 0.3 is 6.18 Å². The zero-order valence-corrected chi connectivity index (χ0v) is 17.7. The molecule has 0 fully saturated rings. The summed E-state index contributed by atoms with van der Waals surface area (Å²) in [6.07, 6.45) is -4.44. The maximum absolute atomic E-state index is 13.0. The third kappa shape index (κ3) is 3.89. The van der Waals surface area contributed by atoms with Crippen molar-refractivity contribution in [3.8, 4) is 0 Å². The molecule has 0 saturated heterocycles. The van der Waals surface area contributed by atoms with Gasteiger partial charge in [0.1, 0.15) is 12.2 Å². The van der Waals surface area contributed by atoms with Crippen LogP contribution in [-0.4, -0.2) is 25.3 Å². The molecule has 3 aromatic rings. The number of halogens is 4. The molecule has 0 radical (unpaired) electrons. The number of rotatable bonds is 3. The van der Waals surface area contributed by atoms with Gasteiger partial charge in [0.05, 0.1) is 17.9 Å². The van der Waals surface area contributed by atoms with Crippen molar-refractivity contribution in [1.29, 1.82) is 0 Å². The first-order valence-electron chi connectivity index (χ1n) is 9.27. The normalized spacial score (nSPS) is 19.4. The second-order valence-corrected chi connectivity index (χ2v) is 8.18. The monoisotopic (exact) mass is 477 g/mol. The molecule has 1 heterocycles. The molecule has 4 rings (SSSR count). The summed E-state index contributed by atoms with van der Waals surface area (Å²) in [7, 11) is 0. The van der Waals surface area contributed by atoms with Crippen LogP contribution in [0.2, 0.25) is 0 Å². The van der Waals surface area contributed by atoms with Crippen LogP contribution in [0.25, 0.3) is 10.8 Å². The van der Waals surface area contributed by atoms with Gasteiger partial charge in [0.25, 0.3) is 0 Å². The molecule has 0 spiro atoms. The fraction of sp³-hybridized carbons (Fsp3) is 0.227. The third-order valence-corrected chi connectivity index (χ3v) is 5.79. The van der Waals surface area contributed by atoms with Crippen molar-refractivity contribution in [2.45, 2.75) is 18.7 Å². The summed E-state index contributed by atoms with van der Waals surface area (Å²) in [6, 6.07) is 18.5. The first-order chi connectivity index (χ1) is 14.2. The molecular weight excluding hydrogens is 459 g/mol. The number of para-hydroxylation sites is 1. The van der Waals surface area contributed by atoms with Crippen molar-refractivity contribution in [3.05, 3.63) is 70.7 Å². The molecule has 1 aliphatic heterocycles. The van der Waals surface area contributed by atoms with Crippen molar-refractivity contribution in [2.24, 2.45) is 10.7 Å². The molecule has 1 unspecified atom stereocenters. The van der Waals surface area contributed by atoms with Gasteiger partial charge in [-0.05, 0) is 42.0 Å². The maximum Gasteiger partial charge on any atom is 0.411 e. The number of hydrogen-bond donors (Lipinski definition) is 1. The summed E-state index contributed by atoms with van der Waals surface area (Å²) in [6.45, 7) is 0.427. The topological polar surface area (TPSA) is 50.9 Å². The summed E-state index contributed by atoms with van der Waals surface area (Å²) in [5.41, 5.74) is 7.08. The lowest BCUT2D eigenvalue weighted by Crippen LogP contribution is -2.42. The Morgan fingerprint density at radius 2 is 1.83 bits per heavy atom. The van der Waals surface area contributed by atoms with Crippen molar-refractivity contribution in [2.75, 3.05) is 18.1 Å². The molecule has 0 bridgehead atoms. The van der Waals surface area contributed by atoms with Crippen molar-refractivity contribution in [3.63, 3.8) is 0 Å². The average Bonchev–Trinajstić information content (AvgIpc) is 3.01. The zero-order chi connectivity index (χ0) is 21.5. The van der Waals surface area contributed by atoms with Gasteiger partial charge < -0.3 is 15.4 Å². The molecule has 0 amide bonds. The van der Waals surface area contributed by atoms with Crippen molar-refractivity contribution < 1.29 is 17.9 Å². The van der Waals surface area contributed by atoms with Crippen LogP contribution in [0.3, 0.4) is 0 Å². The molecule has 1 aliphatic rings. The summed E-state index contributed by atoms with van der Waals surface area (Å²) < 4.78 is 45.3. The first-order valence-corrected chi connectivity index (χ1v) is 10.1. The minimum Gasteiger partial charge on any atom is -0.369 e. The highest BCUT2D eigenvalue weighted by Gasteiger charge is 2.45. The first kappa shape index (κ1) is 20.7. The third-order valence-electron chi connectivity index (χ3n) is 5.10. The van der Waals surface area contributed by atoms with Crippen LogP contribution in [0.15, 0.2) is 70.1 Å². The number of alkyl halides is 3. The number of anilines is 1. The second kappa shape index (κ2) is 7.59. The van der Waals surface area contributed by atoms with Gasteiger partial charge in [0.15, 0.2) is 0 Å². The molecule has 156 valence electrons. The van der Waals surface area contributed by atoms with Crippen LogP contribution >= 0.6 is 15.9 Å². The molecule has 1 atom stereocenters. The molecule has 3 aromatic carbocycles. The predicted molar refractivity (Wildman–Crippen MR) is 116 cm³/mol. The molecule has 0 aromatic heterocycles. The minimum atomic E-state index is -4.44. The van der Waals surface area contributed by atoms with E-state index >= 15 is 0 Å². The predicted octanol–water partition coefficient (Wildman–Crippen LogP) is 5.86. The van der Waals surface area contributed by atoms with E-state index in [1.54, 1.807) is 24.0 Å². The van der Waals surface area contributed by atoms with E-state index in [4.69, 9.17) is 10.5 Å². The molecule has 4 nitrogen and oxygen atoms in total. The van der Waals surface area contributed by atoms with Crippen LogP contribution < -0.4 is 10.6 Å². The highest BCUT2D eigenvalue weighted by atomic mass is 79.9. The summed E-state index contributed by atoms with van der Waals surface area (Å²) in [5, 5.41) is 1.69. The molecular formula is C22H19BrF3N3O. The van der Waals surface area contributed by atoms with Crippen LogP contribution in [0.5, 0.6) is 0 Å². The van der Waals surface area contributed by atoms with Crippen LogP contribution in [0, 0.1) is 0 Å². The number of nitrogens with two attached hydrogens (primary N) is 1. The molecule has 30 heavy (non-hydrogen) atoms. The Kier molecular flexibility index (Phi) is 5.23. The number of nitrogens with zero attached hydrogens (tertiary/aromatic N) is 2. The number of benzene rings is 3. The van der Waals surface area contributed by atoms with E-state index in [9.17, 15) is 13.2 Å². The van der Waals surface area contributed by atoms with Gasteiger partial charge in [-0.1, -0.05) is 52.3 Å². The lowest BCUT2D eigenvalue weighted by molar-refractivity contribution is -0.201. The van der Waals surface area contributed by atoms with E-state index in [1.165, 1.54) is 0 Å². The number of ether oxygens (including phenoxy) is 1. The maximum atomic E-state index is 13.0. The highest BCUT2D eigenvalue weighted by molar-refractivity contribution is 9.10. The van der Waals surface area contributed by atoms with Gasteiger partial charge in [0, 0.05) is 10.0 Å². The van der Waals surface area contributed by atoms with E-state index < -0.39 is 18.4 Å². The number of fused-ring (bicyclic) bond motifs is 3. The fourth-order valence-electron chi connectivity index (χ4n) is 3.81. The van der Waals surface area contributed by atoms with E-state index in [0.29, 0.717) is 16.9 Å². The van der Waals surface area contributed by atoms with Crippen molar-refractivity contribution >= 4 is 44.0 Å².